The highest BCUT2D eigenvalue weighted by Crippen LogP contribution is 2.37. The van der Waals surface area contributed by atoms with E-state index >= 15 is 0 Å². The second kappa shape index (κ2) is 6.78. The first-order valence-corrected chi connectivity index (χ1v) is 8.98. The number of benzene rings is 3. The number of hydrogen-bond donors (Lipinski definition) is 3. The van der Waals surface area contributed by atoms with Gasteiger partial charge in [0.1, 0.15) is 5.75 Å². The monoisotopic (exact) mass is 354 g/mol. The molecule has 1 atom stereocenters. The Balaban J connectivity index is 1.73. The third-order valence-corrected chi connectivity index (χ3v) is 5.04. The maximum absolute atomic E-state index is 9.86. The van der Waals surface area contributed by atoms with Crippen LogP contribution in [0.3, 0.4) is 0 Å². The second-order valence-corrected chi connectivity index (χ2v) is 6.96. The first-order chi connectivity index (χ1) is 13.0. The van der Waals surface area contributed by atoms with Crippen LogP contribution in [0.25, 0.3) is 16.7 Å². The molecule has 4 rings (SSSR count). The van der Waals surface area contributed by atoms with Gasteiger partial charge in [0.25, 0.3) is 0 Å². The highest BCUT2D eigenvalue weighted by atomic mass is 16.3. The first kappa shape index (κ1) is 17.1. The minimum Gasteiger partial charge on any atom is -0.508 e. The summed E-state index contributed by atoms with van der Waals surface area (Å²) < 4.78 is 0. The Labute approximate surface area is 159 Å². The lowest BCUT2D eigenvalue weighted by Crippen LogP contribution is -2.35. The Bertz CT molecular complexity index is 1040. The van der Waals surface area contributed by atoms with Crippen LogP contribution in [-0.2, 0) is 5.54 Å². The number of nitrogen functional groups attached to an aromatic ring is 1. The second-order valence-electron chi connectivity index (χ2n) is 6.96. The standard InChI is InChI=1S/C24H22N2O/c25-20-9-10-22(23(16-20)18-5-4-8-21(27)15-18)17-11-13-24(26,14-12-17)19-6-2-1-3-7-19/h1-13,15-16,27H,14,25-26H2. The van der Waals surface area contributed by atoms with Crippen molar-refractivity contribution in [1.29, 1.82) is 0 Å². The van der Waals surface area contributed by atoms with E-state index in [1.54, 1.807) is 12.1 Å². The van der Waals surface area contributed by atoms with Crippen LogP contribution in [0.5, 0.6) is 5.75 Å². The molecule has 1 aliphatic rings. The van der Waals surface area contributed by atoms with Crippen molar-refractivity contribution >= 4 is 11.3 Å². The van der Waals surface area contributed by atoms with Gasteiger partial charge in [-0.2, -0.15) is 0 Å². The number of hydrogen-bond acceptors (Lipinski definition) is 3. The Morgan fingerprint density at radius 1 is 0.852 bits per heavy atom. The molecule has 0 aliphatic heterocycles. The largest absolute Gasteiger partial charge is 0.508 e. The molecule has 5 N–H and O–H groups in total. The molecule has 1 unspecified atom stereocenters. The van der Waals surface area contributed by atoms with Crippen molar-refractivity contribution in [2.45, 2.75) is 12.0 Å². The molecule has 0 spiro atoms. The third-order valence-electron chi connectivity index (χ3n) is 5.04. The van der Waals surface area contributed by atoms with Gasteiger partial charge in [-0.05, 0) is 58.5 Å². The normalized spacial score (nSPS) is 18.9. The minimum absolute atomic E-state index is 0.235. The van der Waals surface area contributed by atoms with E-state index in [2.05, 4.69) is 30.4 Å². The van der Waals surface area contributed by atoms with Crippen LogP contribution < -0.4 is 11.5 Å². The van der Waals surface area contributed by atoms with Crippen LogP contribution >= 0.6 is 0 Å². The highest BCUT2D eigenvalue weighted by Gasteiger charge is 2.26. The van der Waals surface area contributed by atoms with Crippen molar-refractivity contribution < 1.29 is 5.11 Å². The molecule has 0 aromatic heterocycles. The van der Waals surface area contributed by atoms with Gasteiger partial charge in [-0.15, -0.1) is 0 Å². The molecule has 3 aromatic rings. The van der Waals surface area contributed by atoms with Gasteiger partial charge < -0.3 is 16.6 Å². The van der Waals surface area contributed by atoms with Crippen LogP contribution in [-0.4, -0.2) is 5.11 Å². The van der Waals surface area contributed by atoms with Gasteiger partial charge in [-0.1, -0.05) is 66.8 Å². The molecule has 3 nitrogen and oxygen atoms in total. The topological polar surface area (TPSA) is 72.3 Å². The molecule has 3 aromatic carbocycles. The van der Waals surface area contributed by atoms with Crippen LogP contribution in [0.1, 0.15) is 17.5 Å². The van der Waals surface area contributed by atoms with Crippen molar-refractivity contribution in [3.8, 4) is 16.9 Å². The van der Waals surface area contributed by atoms with Crippen molar-refractivity contribution in [3.05, 3.63) is 102 Å². The van der Waals surface area contributed by atoms with E-state index in [-0.39, 0.29) is 5.75 Å². The Kier molecular flexibility index (Phi) is 4.30. The van der Waals surface area contributed by atoms with E-state index < -0.39 is 5.54 Å². The first-order valence-electron chi connectivity index (χ1n) is 8.98. The average Bonchev–Trinajstić information content (AvgIpc) is 2.69. The van der Waals surface area contributed by atoms with Crippen molar-refractivity contribution in [2.75, 3.05) is 5.73 Å². The fraction of sp³-hybridized carbons (Fsp3) is 0.0833. The number of phenols is 1. The molecule has 1 aliphatic carbocycles. The van der Waals surface area contributed by atoms with Gasteiger partial charge in [0.2, 0.25) is 0 Å². The Morgan fingerprint density at radius 3 is 2.37 bits per heavy atom. The van der Waals surface area contributed by atoms with E-state index in [0.29, 0.717) is 12.1 Å². The van der Waals surface area contributed by atoms with Crippen molar-refractivity contribution in [2.24, 2.45) is 5.73 Å². The molecular weight excluding hydrogens is 332 g/mol. The zero-order valence-corrected chi connectivity index (χ0v) is 15.0. The molecule has 0 saturated carbocycles. The molecule has 0 bridgehead atoms. The number of rotatable bonds is 3. The summed E-state index contributed by atoms with van der Waals surface area (Å²) in [5, 5.41) is 9.86. The van der Waals surface area contributed by atoms with Gasteiger partial charge in [0, 0.05) is 5.69 Å². The summed E-state index contributed by atoms with van der Waals surface area (Å²) in [5.74, 6) is 0.235. The van der Waals surface area contributed by atoms with Gasteiger partial charge in [-0.3, -0.25) is 0 Å². The summed E-state index contributed by atoms with van der Waals surface area (Å²) in [6, 6.07) is 23.2. The molecule has 27 heavy (non-hydrogen) atoms. The molecular formula is C24H22N2O. The lowest BCUT2D eigenvalue weighted by molar-refractivity contribution is 0.475. The lowest BCUT2D eigenvalue weighted by atomic mass is 9.81. The number of aromatic hydroxyl groups is 1. The summed E-state index contributed by atoms with van der Waals surface area (Å²) >= 11 is 0. The number of phenolic OH excluding ortho intramolecular Hbond substituents is 1. The maximum atomic E-state index is 9.86. The van der Waals surface area contributed by atoms with E-state index in [1.165, 1.54) is 0 Å². The molecule has 0 fully saturated rings. The third kappa shape index (κ3) is 3.37. The summed E-state index contributed by atoms with van der Waals surface area (Å²) in [4.78, 5) is 0. The van der Waals surface area contributed by atoms with Crippen molar-refractivity contribution in [3.63, 3.8) is 0 Å². The molecule has 0 heterocycles. The van der Waals surface area contributed by atoms with Gasteiger partial charge in [0.15, 0.2) is 0 Å². The summed E-state index contributed by atoms with van der Waals surface area (Å²) in [6.07, 6.45) is 7.03. The van der Waals surface area contributed by atoms with E-state index in [0.717, 1.165) is 27.8 Å². The van der Waals surface area contributed by atoms with Crippen LogP contribution in [0, 0.1) is 0 Å². The van der Waals surface area contributed by atoms with Crippen LogP contribution in [0.4, 0.5) is 5.69 Å². The predicted molar refractivity (Wildman–Crippen MR) is 112 cm³/mol. The zero-order chi connectivity index (χ0) is 18.9. The van der Waals surface area contributed by atoms with E-state index in [1.807, 2.05) is 48.5 Å². The number of anilines is 1. The summed E-state index contributed by atoms with van der Waals surface area (Å²) in [7, 11) is 0. The predicted octanol–water partition coefficient (Wildman–Crippen LogP) is 4.84. The SMILES string of the molecule is Nc1ccc(C2=CCC(N)(c3ccccc3)C=C2)c(-c2cccc(O)c2)c1. The molecule has 0 saturated heterocycles. The summed E-state index contributed by atoms with van der Waals surface area (Å²) in [5.41, 5.74) is 18.0. The van der Waals surface area contributed by atoms with Gasteiger partial charge in [0.05, 0.1) is 5.54 Å². The lowest BCUT2D eigenvalue weighted by Gasteiger charge is -2.29. The molecule has 134 valence electrons. The molecule has 0 radical (unpaired) electrons. The average molecular weight is 354 g/mol. The Morgan fingerprint density at radius 2 is 1.67 bits per heavy atom. The summed E-state index contributed by atoms with van der Waals surface area (Å²) in [6.45, 7) is 0. The Hall–Kier alpha value is -3.30. The van der Waals surface area contributed by atoms with Crippen LogP contribution in [0.15, 0.2) is 91.0 Å². The van der Waals surface area contributed by atoms with E-state index in [4.69, 9.17) is 11.5 Å². The smallest absolute Gasteiger partial charge is 0.116 e. The quantitative estimate of drug-likeness (QED) is 0.589. The van der Waals surface area contributed by atoms with Crippen molar-refractivity contribution in [1.82, 2.24) is 0 Å². The van der Waals surface area contributed by atoms with Gasteiger partial charge in [-0.25, -0.2) is 0 Å². The minimum atomic E-state index is -0.496. The molecule has 0 amide bonds. The fourth-order valence-corrected chi connectivity index (χ4v) is 3.54. The molecule has 3 heteroatoms. The zero-order valence-electron chi connectivity index (χ0n) is 15.0. The number of allylic oxidation sites excluding steroid dienone is 2. The fourth-order valence-electron chi connectivity index (χ4n) is 3.54. The van der Waals surface area contributed by atoms with E-state index in [9.17, 15) is 5.11 Å². The maximum Gasteiger partial charge on any atom is 0.116 e. The van der Waals surface area contributed by atoms with Gasteiger partial charge >= 0.3 is 0 Å². The highest BCUT2D eigenvalue weighted by molar-refractivity contribution is 5.88. The van der Waals surface area contributed by atoms with Crippen LogP contribution in [0.2, 0.25) is 0 Å². The number of nitrogens with two attached hydrogens (primary N) is 2.